The van der Waals surface area contributed by atoms with Crippen LogP contribution in [0, 0.1) is 0 Å². The fourth-order valence-corrected chi connectivity index (χ4v) is 2.26. The Morgan fingerprint density at radius 1 is 1.05 bits per heavy atom. The second kappa shape index (κ2) is 5.43. The topological polar surface area (TPSA) is 83.6 Å². The van der Waals surface area contributed by atoms with E-state index in [0.717, 1.165) is 0 Å². The summed E-state index contributed by atoms with van der Waals surface area (Å²) < 4.78 is 0. The largest absolute Gasteiger partial charge is 0.507 e. The molecule has 0 aliphatic heterocycles. The van der Waals surface area contributed by atoms with Gasteiger partial charge in [-0.25, -0.2) is 0 Å². The molecule has 0 fully saturated rings. The van der Waals surface area contributed by atoms with Crippen molar-refractivity contribution in [3.05, 3.63) is 28.8 Å². The minimum atomic E-state index is -0.586. The molecule has 1 rings (SSSR count). The van der Waals surface area contributed by atoms with Crippen LogP contribution in [0.15, 0.2) is 12.1 Å². The second-order valence-electron chi connectivity index (χ2n) is 7.32. The van der Waals surface area contributed by atoms with Gasteiger partial charge in [0.1, 0.15) is 11.5 Å². The first-order valence-corrected chi connectivity index (χ1v) is 6.93. The molecule has 4 heteroatoms. The number of amides is 1. The van der Waals surface area contributed by atoms with Crippen molar-refractivity contribution in [3.8, 4) is 11.5 Å². The number of hydrogen-bond donors (Lipinski definition) is 3. The van der Waals surface area contributed by atoms with Crippen LogP contribution in [0.5, 0.6) is 11.5 Å². The number of hydrogen-bond acceptors (Lipinski definition) is 3. The lowest BCUT2D eigenvalue weighted by molar-refractivity contribution is -0.113. The molecule has 0 spiro atoms. The highest BCUT2D eigenvalue weighted by Gasteiger charge is 2.30. The van der Waals surface area contributed by atoms with Crippen molar-refractivity contribution in [1.82, 2.24) is 0 Å². The van der Waals surface area contributed by atoms with E-state index < -0.39 is 11.3 Å². The molecule has 0 aromatic heterocycles. The number of carbonyl (C=O) groups is 1. The van der Waals surface area contributed by atoms with Crippen LogP contribution in [0.1, 0.15) is 58.2 Å². The zero-order chi connectivity index (χ0) is 16.6. The number of primary amides is 1. The number of nitrogens with two attached hydrogens (primary N) is 1. The first kappa shape index (κ1) is 17.1. The van der Waals surface area contributed by atoms with Crippen molar-refractivity contribution in [2.24, 2.45) is 5.73 Å². The Morgan fingerprint density at radius 2 is 1.57 bits per heavy atom. The molecule has 0 saturated carbocycles. The summed E-state index contributed by atoms with van der Waals surface area (Å²) in [7, 11) is 0. The SMILES string of the molecule is CC(C)(C)c1cc(C=CC(N)=O)c(O)c(C(C)(C)C)c1O. The highest BCUT2D eigenvalue weighted by atomic mass is 16.3. The maximum Gasteiger partial charge on any atom is 0.241 e. The van der Waals surface area contributed by atoms with E-state index >= 15 is 0 Å². The first-order chi connectivity index (χ1) is 9.35. The number of carbonyl (C=O) groups excluding carboxylic acids is 1. The number of aromatic hydroxyl groups is 2. The lowest BCUT2D eigenvalue weighted by Crippen LogP contribution is -2.18. The second-order valence-corrected chi connectivity index (χ2v) is 7.32. The van der Waals surface area contributed by atoms with Crippen molar-refractivity contribution in [2.45, 2.75) is 52.4 Å². The summed E-state index contributed by atoms with van der Waals surface area (Å²) in [5.74, 6) is -0.508. The summed E-state index contributed by atoms with van der Waals surface area (Å²) in [6, 6.07) is 1.69. The summed E-state index contributed by atoms with van der Waals surface area (Å²) >= 11 is 0. The average molecular weight is 291 g/mol. The maximum absolute atomic E-state index is 10.9. The summed E-state index contributed by atoms with van der Waals surface area (Å²) in [5.41, 5.74) is 6.03. The zero-order valence-corrected chi connectivity index (χ0v) is 13.6. The van der Waals surface area contributed by atoms with Crippen LogP contribution < -0.4 is 5.73 Å². The van der Waals surface area contributed by atoms with Crippen LogP contribution in [0.25, 0.3) is 6.08 Å². The summed E-state index contributed by atoms with van der Waals surface area (Å²) in [5, 5.41) is 21.0. The normalized spacial score (nSPS) is 12.9. The number of rotatable bonds is 2. The molecule has 21 heavy (non-hydrogen) atoms. The fourth-order valence-electron chi connectivity index (χ4n) is 2.26. The standard InChI is InChI=1S/C17H25NO3/c1-16(2,3)11-9-10(7-8-12(18)19)14(20)13(15(11)21)17(4,5)6/h7-9,20-21H,1-6H3,(H2,18,19). The molecule has 1 aromatic carbocycles. The minimum absolute atomic E-state index is 0.0227. The Bertz CT molecular complexity index is 588. The molecule has 0 aliphatic carbocycles. The van der Waals surface area contributed by atoms with Gasteiger partial charge in [-0.15, -0.1) is 0 Å². The van der Waals surface area contributed by atoms with E-state index in [0.29, 0.717) is 16.7 Å². The van der Waals surface area contributed by atoms with Gasteiger partial charge in [-0.2, -0.15) is 0 Å². The molecular weight excluding hydrogens is 266 g/mol. The monoisotopic (exact) mass is 291 g/mol. The summed E-state index contributed by atoms with van der Waals surface area (Å²) in [4.78, 5) is 10.9. The molecule has 1 amide bonds. The number of phenolic OH excluding ortho intramolecular Hbond substituents is 2. The molecule has 0 bridgehead atoms. The van der Waals surface area contributed by atoms with Gasteiger partial charge in [-0.3, -0.25) is 4.79 Å². The van der Waals surface area contributed by atoms with E-state index in [2.05, 4.69) is 0 Å². The smallest absolute Gasteiger partial charge is 0.241 e. The molecule has 1 aromatic rings. The summed E-state index contributed by atoms with van der Waals surface area (Å²) in [6.07, 6.45) is 2.67. The molecule has 4 nitrogen and oxygen atoms in total. The Labute approximate surface area is 126 Å². The van der Waals surface area contributed by atoms with Crippen molar-refractivity contribution in [3.63, 3.8) is 0 Å². The van der Waals surface area contributed by atoms with Gasteiger partial charge in [-0.05, 0) is 23.0 Å². The van der Waals surface area contributed by atoms with E-state index in [1.54, 1.807) is 6.07 Å². The zero-order valence-electron chi connectivity index (χ0n) is 13.6. The molecule has 0 radical (unpaired) electrons. The van der Waals surface area contributed by atoms with E-state index in [4.69, 9.17) is 5.73 Å². The highest BCUT2D eigenvalue weighted by Crippen LogP contribution is 2.45. The van der Waals surface area contributed by atoms with Gasteiger partial charge in [0.2, 0.25) is 5.91 Å². The molecule has 4 N–H and O–H groups in total. The third kappa shape index (κ3) is 3.78. The molecule has 0 aliphatic rings. The number of benzene rings is 1. The molecule has 0 heterocycles. The third-order valence-corrected chi connectivity index (χ3v) is 3.29. The molecular formula is C17H25NO3. The van der Waals surface area contributed by atoms with Crippen molar-refractivity contribution >= 4 is 12.0 Å². The first-order valence-electron chi connectivity index (χ1n) is 6.93. The Kier molecular flexibility index (Phi) is 4.42. The van der Waals surface area contributed by atoms with Crippen molar-refractivity contribution < 1.29 is 15.0 Å². The predicted molar refractivity (Wildman–Crippen MR) is 85.4 cm³/mol. The van der Waals surface area contributed by atoms with Crippen LogP contribution in [0.2, 0.25) is 0 Å². The van der Waals surface area contributed by atoms with Gasteiger partial charge in [0, 0.05) is 22.8 Å². The fraction of sp³-hybridized carbons (Fsp3) is 0.471. The van der Waals surface area contributed by atoms with E-state index in [9.17, 15) is 15.0 Å². The van der Waals surface area contributed by atoms with Crippen LogP contribution in [-0.2, 0) is 15.6 Å². The summed E-state index contributed by atoms with van der Waals surface area (Å²) in [6.45, 7) is 11.7. The maximum atomic E-state index is 10.9. The quantitative estimate of drug-likeness (QED) is 0.732. The minimum Gasteiger partial charge on any atom is -0.507 e. The van der Waals surface area contributed by atoms with Crippen LogP contribution in [-0.4, -0.2) is 16.1 Å². The Hall–Kier alpha value is -1.97. The van der Waals surface area contributed by atoms with Crippen molar-refractivity contribution in [2.75, 3.05) is 0 Å². The van der Waals surface area contributed by atoms with Gasteiger partial charge in [0.05, 0.1) is 0 Å². The third-order valence-electron chi connectivity index (χ3n) is 3.29. The van der Waals surface area contributed by atoms with Crippen LogP contribution in [0.3, 0.4) is 0 Å². The Balaban J connectivity index is 3.73. The van der Waals surface area contributed by atoms with Gasteiger partial charge in [0.15, 0.2) is 0 Å². The van der Waals surface area contributed by atoms with Gasteiger partial charge >= 0.3 is 0 Å². The molecule has 0 saturated heterocycles. The lowest BCUT2D eigenvalue weighted by Gasteiger charge is -2.29. The average Bonchev–Trinajstić information content (AvgIpc) is 2.23. The van der Waals surface area contributed by atoms with Gasteiger partial charge < -0.3 is 15.9 Å². The van der Waals surface area contributed by atoms with Crippen LogP contribution >= 0.6 is 0 Å². The lowest BCUT2D eigenvalue weighted by atomic mass is 9.77. The van der Waals surface area contributed by atoms with E-state index in [-0.39, 0.29) is 16.9 Å². The molecule has 116 valence electrons. The van der Waals surface area contributed by atoms with Crippen LogP contribution in [0.4, 0.5) is 0 Å². The van der Waals surface area contributed by atoms with E-state index in [1.165, 1.54) is 12.2 Å². The number of phenols is 2. The Morgan fingerprint density at radius 3 is 1.95 bits per heavy atom. The predicted octanol–water partition coefficient (Wildman–Crippen LogP) is 3.19. The van der Waals surface area contributed by atoms with E-state index in [1.807, 2.05) is 41.5 Å². The molecule has 0 atom stereocenters. The molecule has 0 unspecified atom stereocenters. The van der Waals surface area contributed by atoms with Gasteiger partial charge in [0.25, 0.3) is 0 Å². The van der Waals surface area contributed by atoms with Crippen molar-refractivity contribution in [1.29, 1.82) is 0 Å². The van der Waals surface area contributed by atoms with Gasteiger partial charge in [-0.1, -0.05) is 41.5 Å². The highest BCUT2D eigenvalue weighted by molar-refractivity contribution is 5.91.